The molecule has 19 heavy (non-hydrogen) atoms. The summed E-state index contributed by atoms with van der Waals surface area (Å²) in [6.07, 6.45) is 5.45. The maximum atomic E-state index is 4.18. The van der Waals surface area contributed by atoms with E-state index in [1.54, 1.807) is 11.3 Å². The van der Waals surface area contributed by atoms with Gasteiger partial charge in [0, 0.05) is 11.1 Å². The first-order chi connectivity index (χ1) is 9.38. The fourth-order valence-corrected chi connectivity index (χ4v) is 2.99. The van der Waals surface area contributed by atoms with E-state index in [0.717, 1.165) is 25.9 Å². The molecule has 2 rings (SSSR count). The van der Waals surface area contributed by atoms with Crippen LogP contribution in [-0.2, 0) is 12.8 Å². The summed E-state index contributed by atoms with van der Waals surface area (Å²) in [5.74, 6) is 0.648. The molecule has 0 radical (unpaired) electrons. The number of hydrogen-bond donors (Lipinski definition) is 1. The van der Waals surface area contributed by atoms with Crippen LogP contribution in [0.2, 0.25) is 0 Å². The zero-order chi connectivity index (χ0) is 13.3. The molecule has 0 amide bonds. The van der Waals surface area contributed by atoms with Crippen LogP contribution in [0.15, 0.2) is 42.0 Å². The molecule has 1 unspecified atom stereocenters. The van der Waals surface area contributed by atoms with E-state index in [1.165, 1.54) is 16.9 Å². The van der Waals surface area contributed by atoms with E-state index in [9.17, 15) is 0 Å². The van der Waals surface area contributed by atoms with Gasteiger partial charge in [0.15, 0.2) is 0 Å². The summed E-state index contributed by atoms with van der Waals surface area (Å²) < 4.78 is 0. The van der Waals surface area contributed by atoms with Crippen molar-refractivity contribution >= 4 is 11.3 Å². The molecule has 2 nitrogen and oxygen atoms in total. The molecule has 0 saturated heterocycles. The number of benzene rings is 1. The van der Waals surface area contributed by atoms with Crippen LogP contribution >= 0.6 is 11.3 Å². The Hall–Kier alpha value is -1.19. The summed E-state index contributed by atoms with van der Waals surface area (Å²) in [5, 5.41) is 3.55. The maximum Gasteiger partial charge on any atom is 0.0794 e. The number of thiazole rings is 1. The van der Waals surface area contributed by atoms with Gasteiger partial charge in [-0.15, -0.1) is 11.3 Å². The predicted octanol–water partition coefficient (Wildman–Crippen LogP) is 3.54. The van der Waals surface area contributed by atoms with Gasteiger partial charge in [0.1, 0.15) is 0 Å². The average molecular weight is 274 g/mol. The lowest BCUT2D eigenvalue weighted by Crippen LogP contribution is -2.26. The summed E-state index contributed by atoms with van der Waals surface area (Å²) >= 11 is 1.76. The Bertz CT molecular complexity index is 439. The molecule has 3 heteroatoms. The molecule has 1 heterocycles. The van der Waals surface area contributed by atoms with Crippen molar-refractivity contribution in [1.82, 2.24) is 10.3 Å². The second-order valence-electron chi connectivity index (χ2n) is 4.93. The lowest BCUT2D eigenvalue weighted by molar-refractivity contribution is 0.473. The molecule has 1 aromatic heterocycles. The first-order valence-corrected chi connectivity index (χ1v) is 7.88. The van der Waals surface area contributed by atoms with Gasteiger partial charge in [0.05, 0.1) is 5.51 Å². The molecule has 0 saturated carbocycles. The monoisotopic (exact) mass is 274 g/mol. The van der Waals surface area contributed by atoms with E-state index >= 15 is 0 Å². The third kappa shape index (κ3) is 5.13. The molecule has 102 valence electrons. The minimum atomic E-state index is 0.648. The maximum absolute atomic E-state index is 4.18. The first kappa shape index (κ1) is 14.2. The molecule has 0 aliphatic carbocycles. The fraction of sp³-hybridized carbons (Fsp3) is 0.438. The Labute approximate surface area is 119 Å². The van der Waals surface area contributed by atoms with Crippen LogP contribution in [0.5, 0.6) is 0 Å². The van der Waals surface area contributed by atoms with E-state index in [0.29, 0.717) is 5.92 Å². The topological polar surface area (TPSA) is 24.9 Å². The molecular formula is C16H22N2S. The van der Waals surface area contributed by atoms with E-state index < -0.39 is 0 Å². The van der Waals surface area contributed by atoms with Gasteiger partial charge in [-0.3, -0.25) is 4.98 Å². The third-order valence-electron chi connectivity index (χ3n) is 3.20. The summed E-state index contributed by atoms with van der Waals surface area (Å²) in [4.78, 5) is 5.57. The second kappa shape index (κ2) is 8.08. The van der Waals surface area contributed by atoms with Gasteiger partial charge >= 0.3 is 0 Å². The molecule has 1 aromatic carbocycles. The molecule has 1 atom stereocenters. The Morgan fingerprint density at radius 1 is 1.21 bits per heavy atom. The van der Waals surface area contributed by atoms with Gasteiger partial charge in [-0.25, -0.2) is 0 Å². The van der Waals surface area contributed by atoms with Crippen LogP contribution in [0.4, 0.5) is 0 Å². The van der Waals surface area contributed by atoms with Gasteiger partial charge in [-0.1, -0.05) is 37.3 Å². The molecular weight excluding hydrogens is 252 g/mol. The van der Waals surface area contributed by atoms with Gasteiger partial charge in [-0.2, -0.15) is 0 Å². The SMILES string of the molecule is CCCNCC(Cc1ccccc1)Cc1cncs1. The largest absolute Gasteiger partial charge is 0.316 e. The average Bonchev–Trinajstić information content (AvgIpc) is 2.93. The molecule has 0 bridgehead atoms. The Balaban J connectivity index is 1.93. The summed E-state index contributed by atoms with van der Waals surface area (Å²) in [5.41, 5.74) is 3.35. The van der Waals surface area contributed by atoms with E-state index in [2.05, 4.69) is 47.6 Å². The first-order valence-electron chi connectivity index (χ1n) is 7.00. The normalized spacial score (nSPS) is 12.5. The molecule has 0 spiro atoms. The highest BCUT2D eigenvalue weighted by atomic mass is 32.1. The fourth-order valence-electron chi connectivity index (χ4n) is 2.27. The van der Waals surface area contributed by atoms with Crippen molar-refractivity contribution < 1.29 is 0 Å². The van der Waals surface area contributed by atoms with Gasteiger partial charge < -0.3 is 5.32 Å². The summed E-state index contributed by atoms with van der Waals surface area (Å²) in [6, 6.07) is 10.8. The lowest BCUT2D eigenvalue weighted by atomic mass is 9.95. The van der Waals surface area contributed by atoms with Crippen LogP contribution in [0, 0.1) is 5.92 Å². The van der Waals surface area contributed by atoms with E-state index in [1.807, 2.05) is 11.7 Å². The van der Waals surface area contributed by atoms with Crippen molar-refractivity contribution in [3.63, 3.8) is 0 Å². The van der Waals surface area contributed by atoms with E-state index in [-0.39, 0.29) is 0 Å². The Kier molecular flexibility index (Phi) is 6.05. The second-order valence-corrected chi connectivity index (χ2v) is 5.90. The smallest absolute Gasteiger partial charge is 0.0794 e. The number of nitrogens with one attached hydrogen (secondary N) is 1. The highest BCUT2D eigenvalue weighted by molar-refractivity contribution is 7.09. The van der Waals surface area contributed by atoms with Gasteiger partial charge in [0.2, 0.25) is 0 Å². The zero-order valence-corrected chi connectivity index (χ0v) is 12.3. The molecule has 0 aliphatic heterocycles. The van der Waals surface area contributed by atoms with Gasteiger partial charge in [0.25, 0.3) is 0 Å². The van der Waals surface area contributed by atoms with Crippen LogP contribution < -0.4 is 5.32 Å². The standard InChI is InChI=1S/C16H22N2S/c1-2-8-17-11-15(10-16-12-18-13-19-16)9-14-6-4-3-5-7-14/h3-7,12-13,15,17H,2,8-11H2,1H3. The third-order valence-corrected chi connectivity index (χ3v) is 4.00. The number of hydrogen-bond acceptors (Lipinski definition) is 3. The molecule has 2 aromatic rings. The molecule has 0 fully saturated rings. The zero-order valence-electron chi connectivity index (χ0n) is 11.5. The van der Waals surface area contributed by atoms with E-state index in [4.69, 9.17) is 0 Å². The van der Waals surface area contributed by atoms with Crippen LogP contribution in [-0.4, -0.2) is 18.1 Å². The minimum Gasteiger partial charge on any atom is -0.316 e. The number of rotatable bonds is 8. The highest BCUT2D eigenvalue weighted by Crippen LogP contribution is 2.16. The van der Waals surface area contributed by atoms with Crippen molar-refractivity contribution in [3.05, 3.63) is 52.5 Å². The summed E-state index contributed by atoms with van der Waals surface area (Å²) in [6.45, 7) is 4.40. The van der Waals surface area contributed by atoms with Crippen molar-refractivity contribution in [2.24, 2.45) is 5.92 Å². The van der Waals surface area contributed by atoms with Crippen LogP contribution in [0.3, 0.4) is 0 Å². The summed E-state index contributed by atoms with van der Waals surface area (Å²) in [7, 11) is 0. The number of aromatic nitrogens is 1. The highest BCUT2D eigenvalue weighted by Gasteiger charge is 2.11. The molecule has 1 N–H and O–H groups in total. The van der Waals surface area contributed by atoms with Crippen molar-refractivity contribution in [3.8, 4) is 0 Å². The van der Waals surface area contributed by atoms with Crippen molar-refractivity contribution in [2.45, 2.75) is 26.2 Å². The van der Waals surface area contributed by atoms with Crippen LogP contribution in [0.25, 0.3) is 0 Å². The lowest BCUT2D eigenvalue weighted by Gasteiger charge is -2.17. The predicted molar refractivity (Wildman–Crippen MR) is 82.6 cm³/mol. The molecule has 0 aliphatic rings. The number of nitrogens with zero attached hydrogens (tertiary/aromatic N) is 1. The Morgan fingerprint density at radius 3 is 2.74 bits per heavy atom. The minimum absolute atomic E-state index is 0.648. The van der Waals surface area contributed by atoms with Crippen molar-refractivity contribution in [1.29, 1.82) is 0 Å². The van der Waals surface area contributed by atoms with Crippen LogP contribution in [0.1, 0.15) is 23.8 Å². The quantitative estimate of drug-likeness (QED) is 0.745. The Morgan fingerprint density at radius 2 is 2.05 bits per heavy atom. The van der Waals surface area contributed by atoms with Crippen molar-refractivity contribution in [2.75, 3.05) is 13.1 Å². The van der Waals surface area contributed by atoms with Gasteiger partial charge in [-0.05, 0) is 43.8 Å².